The van der Waals surface area contributed by atoms with Gasteiger partial charge in [-0.2, -0.15) is 0 Å². The van der Waals surface area contributed by atoms with Crippen LogP contribution in [0, 0.1) is 0 Å². The number of hydrogen-bond donors (Lipinski definition) is 2. The third kappa shape index (κ3) is 6.60. The van der Waals surface area contributed by atoms with Crippen LogP contribution in [0.2, 0.25) is 0 Å². The van der Waals surface area contributed by atoms with Crippen LogP contribution in [0.3, 0.4) is 0 Å². The Morgan fingerprint density at radius 3 is 2.81 bits per heavy atom. The van der Waals surface area contributed by atoms with Crippen molar-refractivity contribution in [1.82, 2.24) is 15.5 Å². The molecule has 0 aliphatic carbocycles. The number of amides is 1. The van der Waals surface area contributed by atoms with Gasteiger partial charge in [0.25, 0.3) is 5.91 Å². The second kappa shape index (κ2) is 11.0. The number of rotatable bonds is 10. The van der Waals surface area contributed by atoms with Crippen molar-refractivity contribution >= 4 is 11.7 Å². The van der Waals surface area contributed by atoms with E-state index in [0.29, 0.717) is 19.1 Å². The summed E-state index contributed by atoms with van der Waals surface area (Å²) in [7, 11) is 0. The summed E-state index contributed by atoms with van der Waals surface area (Å²) in [5.41, 5.74) is 1.25. The van der Waals surface area contributed by atoms with Gasteiger partial charge in [0.05, 0.1) is 5.57 Å². The van der Waals surface area contributed by atoms with Gasteiger partial charge in [-0.05, 0) is 44.8 Å². The molecular formula is C22H33N3O2. The van der Waals surface area contributed by atoms with E-state index in [1.165, 1.54) is 11.6 Å². The topological polar surface area (TPSA) is 61.4 Å². The van der Waals surface area contributed by atoms with Gasteiger partial charge in [0.2, 0.25) is 0 Å². The monoisotopic (exact) mass is 371 g/mol. The molecule has 27 heavy (non-hydrogen) atoms. The molecular weight excluding hydrogens is 338 g/mol. The normalized spacial score (nSPS) is 19.1. The molecule has 1 atom stereocenters. The molecule has 1 unspecified atom stereocenters. The lowest BCUT2D eigenvalue weighted by molar-refractivity contribution is -0.127. The summed E-state index contributed by atoms with van der Waals surface area (Å²) in [6, 6.07) is 0.720. The highest BCUT2D eigenvalue weighted by Crippen LogP contribution is 2.18. The van der Waals surface area contributed by atoms with Crippen LogP contribution in [0.1, 0.15) is 39.0 Å². The summed E-state index contributed by atoms with van der Waals surface area (Å²) in [5.74, 6) is -0.563. The molecule has 0 radical (unpaired) electrons. The third-order valence-electron chi connectivity index (χ3n) is 5.12. The van der Waals surface area contributed by atoms with Crippen molar-refractivity contribution in [3.8, 4) is 0 Å². The fourth-order valence-electron chi connectivity index (χ4n) is 3.45. The van der Waals surface area contributed by atoms with Crippen LogP contribution < -0.4 is 10.6 Å². The molecule has 0 bridgehead atoms. The van der Waals surface area contributed by atoms with Gasteiger partial charge < -0.3 is 15.5 Å². The lowest BCUT2D eigenvalue weighted by Crippen LogP contribution is -2.44. The van der Waals surface area contributed by atoms with Crippen molar-refractivity contribution in [3.63, 3.8) is 0 Å². The molecule has 5 nitrogen and oxygen atoms in total. The number of nitrogens with zero attached hydrogens (tertiary/aromatic N) is 1. The van der Waals surface area contributed by atoms with Gasteiger partial charge >= 0.3 is 0 Å². The standard InChI is InChI=1S/C22H33N3O2/c1-4-6-7-8-21(26)17(3)22(27)25-14-11-18(16-25)15-19(5-2)24-20-9-12-23-13-10-20/h5,7-8,11,19-20,23-24H,2-4,6,9-10,12-16H2,1H3. The maximum Gasteiger partial charge on any atom is 0.257 e. The van der Waals surface area contributed by atoms with Crippen molar-refractivity contribution in [2.75, 3.05) is 26.2 Å². The zero-order chi connectivity index (χ0) is 19.6. The molecule has 0 saturated carbocycles. The summed E-state index contributed by atoms with van der Waals surface area (Å²) >= 11 is 0. The van der Waals surface area contributed by atoms with Crippen LogP contribution in [0.25, 0.3) is 0 Å². The van der Waals surface area contributed by atoms with Gasteiger partial charge in [0, 0.05) is 25.2 Å². The average molecular weight is 372 g/mol. The predicted molar refractivity (Wildman–Crippen MR) is 110 cm³/mol. The minimum Gasteiger partial charge on any atom is -0.331 e. The van der Waals surface area contributed by atoms with Crippen molar-refractivity contribution in [2.45, 2.75) is 51.1 Å². The van der Waals surface area contributed by atoms with E-state index < -0.39 is 0 Å². The van der Waals surface area contributed by atoms with Crippen LogP contribution in [0.4, 0.5) is 0 Å². The first-order valence-electron chi connectivity index (χ1n) is 10.0. The van der Waals surface area contributed by atoms with E-state index in [-0.39, 0.29) is 23.3 Å². The Morgan fingerprint density at radius 2 is 2.15 bits per heavy atom. The fourth-order valence-corrected chi connectivity index (χ4v) is 3.45. The molecule has 1 fully saturated rings. The zero-order valence-corrected chi connectivity index (χ0v) is 16.5. The lowest BCUT2D eigenvalue weighted by Gasteiger charge is -2.28. The van der Waals surface area contributed by atoms with E-state index in [9.17, 15) is 9.59 Å². The Bertz CT molecular complexity index is 615. The zero-order valence-electron chi connectivity index (χ0n) is 16.5. The molecule has 0 aromatic heterocycles. The number of ketones is 1. The van der Waals surface area contributed by atoms with Crippen molar-refractivity contribution < 1.29 is 9.59 Å². The molecule has 0 aromatic rings. The first-order valence-corrected chi connectivity index (χ1v) is 10.0. The molecule has 2 aliphatic rings. The molecule has 1 saturated heterocycles. The van der Waals surface area contributed by atoms with E-state index >= 15 is 0 Å². The largest absolute Gasteiger partial charge is 0.331 e. The Labute approximate surface area is 163 Å². The fraction of sp³-hybridized carbons (Fsp3) is 0.545. The van der Waals surface area contributed by atoms with Gasteiger partial charge in [-0.3, -0.25) is 9.59 Å². The highest BCUT2D eigenvalue weighted by atomic mass is 16.2. The van der Waals surface area contributed by atoms with Crippen LogP contribution in [-0.4, -0.2) is 54.9 Å². The number of nitrogens with one attached hydrogen (secondary N) is 2. The van der Waals surface area contributed by atoms with Gasteiger partial charge in [0.15, 0.2) is 5.78 Å². The van der Waals surface area contributed by atoms with E-state index in [4.69, 9.17) is 0 Å². The molecule has 148 valence electrons. The molecule has 5 heteroatoms. The number of unbranched alkanes of at least 4 members (excludes halogenated alkanes) is 1. The van der Waals surface area contributed by atoms with Gasteiger partial charge in [-0.25, -0.2) is 0 Å². The SMILES string of the molecule is C=CC(CC1=CCN(C(=O)C(=C)C(=O)C=CCCC)C1)NC1CCNCC1. The molecule has 2 aliphatic heterocycles. The van der Waals surface area contributed by atoms with Crippen LogP contribution in [0.15, 0.2) is 48.6 Å². The van der Waals surface area contributed by atoms with Crippen molar-refractivity contribution in [1.29, 1.82) is 0 Å². The molecule has 2 rings (SSSR count). The van der Waals surface area contributed by atoms with Gasteiger partial charge in [-0.15, -0.1) is 6.58 Å². The molecule has 0 spiro atoms. The maximum absolute atomic E-state index is 12.5. The first-order chi connectivity index (χ1) is 13.0. The summed E-state index contributed by atoms with van der Waals surface area (Å²) in [6.45, 7) is 12.9. The quantitative estimate of drug-likeness (QED) is 0.268. The van der Waals surface area contributed by atoms with E-state index in [1.54, 1.807) is 11.0 Å². The second-order valence-electron chi connectivity index (χ2n) is 7.32. The second-order valence-corrected chi connectivity index (χ2v) is 7.32. The Kier molecular flexibility index (Phi) is 8.69. The number of piperidine rings is 1. The smallest absolute Gasteiger partial charge is 0.257 e. The number of carbonyl (C=O) groups is 2. The summed E-state index contributed by atoms with van der Waals surface area (Å²) in [5, 5.41) is 7.03. The summed E-state index contributed by atoms with van der Waals surface area (Å²) < 4.78 is 0. The lowest BCUT2D eigenvalue weighted by atomic mass is 10.0. The van der Waals surface area contributed by atoms with E-state index in [1.807, 2.05) is 13.0 Å². The Balaban J connectivity index is 1.81. The molecule has 1 amide bonds. The van der Waals surface area contributed by atoms with E-state index in [2.05, 4.69) is 29.9 Å². The van der Waals surface area contributed by atoms with Crippen molar-refractivity contribution in [2.24, 2.45) is 0 Å². The van der Waals surface area contributed by atoms with Crippen LogP contribution in [-0.2, 0) is 9.59 Å². The highest BCUT2D eigenvalue weighted by molar-refractivity contribution is 6.22. The molecule has 2 heterocycles. The molecule has 2 N–H and O–H groups in total. The van der Waals surface area contributed by atoms with Crippen molar-refractivity contribution in [3.05, 3.63) is 48.6 Å². The summed E-state index contributed by atoms with van der Waals surface area (Å²) in [4.78, 5) is 26.3. The minimum absolute atomic E-state index is 0.0464. The number of allylic oxidation sites excluding steroid dienone is 2. The third-order valence-corrected chi connectivity index (χ3v) is 5.12. The van der Waals surface area contributed by atoms with Crippen LogP contribution >= 0.6 is 0 Å². The predicted octanol–water partition coefficient (Wildman–Crippen LogP) is 2.52. The Hall–Kier alpha value is -1.98. The van der Waals surface area contributed by atoms with Gasteiger partial charge in [-0.1, -0.05) is 43.7 Å². The summed E-state index contributed by atoms with van der Waals surface area (Å²) in [6.07, 6.45) is 12.2. The average Bonchev–Trinajstić information content (AvgIpc) is 3.15. The first kappa shape index (κ1) is 21.3. The number of hydrogen-bond acceptors (Lipinski definition) is 4. The van der Waals surface area contributed by atoms with Crippen LogP contribution in [0.5, 0.6) is 0 Å². The number of carbonyl (C=O) groups excluding carboxylic acids is 2. The molecule has 0 aromatic carbocycles. The minimum atomic E-state index is -0.293. The van der Waals surface area contributed by atoms with E-state index in [0.717, 1.165) is 45.2 Å². The maximum atomic E-state index is 12.5. The Morgan fingerprint density at radius 1 is 1.41 bits per heavy atom. The van der Waals surface area contributed by atoms with Gasteiger partial charge in [0.1, 0.15) is 0 Å². The highest BCUT2D eigenvalue weighted by Gasteiger charge is 2.25.